The van der Waals surface area contributed by atoms with Gasteiger partial charge in [-0.2, -0.15) is 0 Å². The molecule has 0 unspecified atom stereocenters. The minimum absolute atomic E-state index is 0.0273. The van der Waals surface area contributed by atoms with Crippen molar-refractivity contribution in [1.82, 2.24) is 10.2 Å². The summed E-state index contributed by atoms with van der Waals surface area (Å²) < 4.78 is 4.80. The highest BCUT2D eigenvalue weighted by Gasteiger charge is 2.07. The highest BCUT2D eigenvalue weighted by atomic mass is 16.5. The van der Waals surface area contributed by atoms with E-state index in [1.165, 1.54) is 0 Å². The zero-order valence-electron chi connectivity index (χ0n) is 9.71. The molecule has 1 amide bonds. The molecule has 0 aromatic rings. The lowest BCUT2D eigenvalue weighted by Crippen LogP contribution is -2.29. The maximum absolute atomic E-state index is 11.1. The molecule has 0 aromatic carbocycles. The van der Waals surface area contributed by atoms with Gasteiger partial charge in [0, 0.05) is 13.5 Å². The van der Waals surface area contributed by atoms with Crippen molar-refractivity contribution in [3.05, 3.63) is 0 Å². The van der Waals surface area contributed by atoms with Crippen LogP contribution in [-0.2, 0) is 14.3 Å². The average Bonchev–Trinajstić information content (AvgIpc) is 2.17. The molecule has 88 valence electrons. The van der Waals surface area contributed by atoms with Gasteiger partial charge in [0.1, 0.15) is 0 Å². The third-order valence-electron chi connectivity index (χ3n) is 1.93. The highest BCUT2D eigenvalue weighted by molar-refractivity contribution is 5.75. The van der Waals surface area contributed by atoms with Gasteiger partial charge in [-0.15, -0.1) is 0 Å². The molecule has 0 saturated carbocycles. The van der Waals surface area contributed by atoms with Gasteiger partial charge in [-0.25, -0.2) is 0 Å². The molecule has 0 aliphatic heterocycles. The van der Waals surface area contributed by atoms with Gasteiger partial charge in [-0.1, -0.05) is 0 Å². The number of ether oxygens (including phenoxy) is 1. The van der Waals surface area contributed by atoms with E-state index >= 15 is 0 Å². The number of likely N-dealkylation sites (N-methyl/N-ethyl adjacent to an activating group) is 1. The summed E-state index contributed by atoms with van der Waals surface area (Å²) in [6, 6.07) is 0. The van der Waals surface area contributed by atoms with Crippen LogP contribution in [0.1, 0.15) is 19.8 Å². The van der Waals surface area contributed by atoms with Crippen LogP contribution in [0, 0.1) is 0 Å². The Morgan fingerprint density at radius 2 is 2.07 bits per heavy atom. The molecule has 0 fully saturated rings. The largest absolute Gasteiger partial charge is 0.465 e. The van der Waals surface area contributed by atoms with E-state index in [9.17, 15) is 9.59 Å². The van der Waals surface area contributed by atoms with Crippen molar-refractivity contribution in [1.29, 1.82) is 0 Å². The number of nitrogens with one attached hydrogen (secondary N) is 1. The number of amides is 1. The summed E-state index contributed by atoms with van der Waals surface area (Å²) in [5, 5.41) is 2.55. The standard InChI is InChI=1S/C10H20N2O3/c1-4-15-10(14)8-12(3)7-5-6-9(13)11-2/h4-8H2,1-3H3,(H,11,13). The van der Waals surface area contributed by atoms with Crippen molar-refractivity contribution in [2.24, 2.45) is 0 Å². The van der Waals surface area contributed by atoms with Crippen molar-refractivity contribution in [3.8, 4) is 0 Å². The van der Waals surface area contributed by atoms with E-state index in [2.05, 4.69) is 5.32 Å². The maximum Gasteiger partial charge on any atom is 0.320 e. The van der Waals surface area contributed by atoms with E-state index in [1.54, 1.807) is 14.0 Å². The quantitative estimate of drug-likeness (QED) is 0.609. The normalized spacial score (nSPS) is 10.1. The van der Waals surface area contributed by atoms with Crippen LogP contribution in [0.5, 0.6) is 0 Å². The third-order valence-corrected chi connectivity index (χ3v) is 1.93. The van der Waals surface area contributed by atoms with E-state index in [-0.39, 0.29) is 18.4 Å². The molecule has 0 rings (SSSR count). The van der Waals surface area contributed by atoms with Crippen LogP contribution >= 0.6 is 0 Å². The van der Waals surface area contributed by atoms with Crippen LogP contribution in [0.3, 0.4) is 0 Å². The van der Waals surface area contributed by atoms with Gasteiger partial charge in [0.15, 0.2) is 0 Å². The third kappa shape index (κ3) is 7.93. The van der Waals surface area contributed by atoms with E-state index < -0.39 is 0 Å². The first-order valence-corrected chi connectivity index (χ1v) is 5.14. The fraction of sp³-hybridized carbons (Fsp3) is 0.800. The van der Waals surface area contributed by atoms with Crippen LogP contribution in [0.25, 0.3) is 0 Å². The van der Waals surface area contributed by atoms with Gasteiger partial charge in [0.25, 0.3) is 0 Å². The molecule has 5 nitrogen and oxygen atoms in total. The number of esters is 1. The SMILES string of the molecule is CCOC(=O)CN(C)CCCC(=O)NC. The Balaban J connectivity index is 3.52. The second-order valence-corrected chi connectivity index (χ2v) is 3.32. The molecular formula is C10H20N2O3. The Hall–Kier alpha value is -1.10. The second kappa shape index (κ2) is 8.23. The van der Waals surface area contributed by atoms with E-state index in [4.69, 9.17) is 4.74 Å². The zero-order valence-corrected chi connectivity index (χ0v) is 9.71. The minimum atomic E-state index is -0.222. The van der Waals surface area contributed by atoms with Crippen molar-refractivity contribution in [2.75, 3.05) is 33.8 Å². The lowest BCUT2D eigenvalue weighted by atomic mass is 10.3. The van der Waals surface area contributed by atoms with Crippen LogP contribution < -0.4 is 5.32 Å². The Morgan fingerprint density at radius 1 is 1.40 bits per heavy atom. The summed E-state index contributed by atoms with van der Waals surface area (Å²) in [6.45, 7) is 3.18. The van der Waals surface area contributed by atoms with Crippen LogP contribution in [0.15, 0.2) is 0 Å². The summed E-state index contributed by atoms with van der Waals surface area (Å²) in [5.74, 6) is -0.195. The van der Waals surface area contributed by atoms with Crippen molar-refractivity contribution in [3.63, 3.8) is 0 Å². The first-order chi connectivity index (χ1) is 7.10. The van der Waals surface area contributed by atoms with Crippen molar-refractivity contribution < 1.29 is 14.3 Å². The molecule has 0 saturated heterocycles. The number of hydrogen-bond acceptors (Lipinski definition) is 4. The number of hydrogen-bond donors (Lipinski definition) is 1. The van der Waals surface area contributed by atoms with Crippen LogP contribution in [-0.4, -0.2) is 50.6 Å². The predicted octanol–water partition coefficient (Wildman–Crippen LogP) is 0.00750. The van der Waals surface area contributed by atoms with Crippen LogP contribution in [0.4, 0.5) is 0 Å². The fourth-order valence-electron chi connectivity index (χ4n) is 1.14. The van der Waals surface area contributed by atoms with Gasteiger partial charge in [-0.3, -0.25) is 14.5 Å². The Bertz CT molecular complexity index is 207. The molecule has 0 aliphatic rings. The molecule has 0 aliphatic carbocycles. The van der Waals surface area contributed by atoms with E-state index in [0.717, 1.165) is 6.42 Å². The topological polar surface area (TPSA) is 58.6 Å². The summed E-state index contributed by atoms with van der Waals surface area (Å²) in [4.78, 5) is 23.8. The molecule has 0 bridgehead atoms. The summed E-state index contributed by atoms with van der Waals surface area (Å²) in [6.07, 6.45) is 1.24. The molecule has 0 aromatic heterocycles. The first-order valence-electron chi connectivity index (χ1n) is 5.14. The lowest BCUT2D eigenvalue weighted by Gasteiger charge is -2.14. The summed E-state index contributed by atoms with van der Waals surface area (Å²) in [7, 11) is 3.45. The number of carbonyl (C=O) groups is 2. The zero-order chi connectivity index (χ0) is 11.7. The molecule has 15 heavy (non-hydrogen) atoms. The molecule has 0 spiro atoms. The number of rotatable bonds is 7. The molecule has 0 heterocycles. The average molecular weight is 216 g/mol. The molecule has 0 radical (unpaired) electrons. The molecular weight excluding hydrogens is 196 g/mol. The first kappa shape index (κ1) is 13.9. The second-order valence-electron chi connectivity index (χ2n) is 3.32. The highest BCUT2D eigenvalue weighted by Crippen LogP contribution is 1.93. The minimum Gasteiger partial charge on any atom is -0.465 e. The number of carbonyl (C=O) groups excluding carboxylic acids is 2. The van der Waals surface area contributed by atoms with Gasteiger partial charge >= 0.3 is 5.97 Å². The Labute approximate surface area is 90.8 Å². The van der Waals surface area contributed by atoms with Crippen molar-refractivity contribution >= 4 is 11.9 Å². The predicted molar refractivity (Wildman–Crippen MR) is 57.4 cm³/mol. The Kier molecular flexibility index (Phi) is 7.62. The molecule has 0 atom stereocenters. The van der Waals surface area contributed by atoms with Crippen LogP contribution in [0.2, 0.25) is 0 Å². The Morgan fingerprint density at radius 3 is 2.60 bits per heavy atom. The summed E-state index contributed by atoms with van der Waals surface area (Å²) in [5.41, 5.74) is 0. The number of nitrogens with zero attached hydrogens (tertiary/aromatic N) is 1. The fourth-order valence-corrected chi connectivity index (χ4v) is 1.14. The van der Waals surface area contributed by atoms with Gasteiger partial charge < -0.3 is 10.1 Å². The smallest absolute Gasteiger partial charge is 0.320 e. The van der Waals surface area contributed by atoms with E-state index in [0.29, 0.717) is 19.6 Å². The van der Waals surface area contributed by atoms with E-state index in [1.807, 2.05) is 11.9 Å². The summed E-state index contributed by atoms with van der Waals surface area (Å²) >= 11 is 0. The van der Waals surface area contributed by atoms with Gasteiger partial charge in [0.2, 0.25) is 5.91 Å². The lowest BCUT2D eigenvalue weighted by molar-refractivity contribution is -0.144. The monoisotopic (exact) mass is 216 g/mol. The van der Waals surface area contributed by atoms with Gasteiger partial charge in [0.05, 0.1) is 13.2 Å². The molecule has 5 heteroatoms. The maximum atomic E-state index is 11.1. The molecule has 1 N–H and O–H groups in total. The van der Waals surface area contributed by atoms with Crippen molar-refractivity contribution in [2.45, 2.75) is 19.8 Å². The van der Waals surface area contributed by atoms with Gasteiger partial charge in [-0.05, 0) is 26.9 Å².